The van der Waals surface area contributed by atoms with Crippen molar-refractivity contribution in [2.75, 3.05) is 11.9 Å². The quantitative estimate of drug-likeness (QED) is 0.690. The molecule has 6 nitrogen and oxygen atoms in total. The van der Waals surface area contributed by atoms with Gasteiger partial charge in [0, 0.05) is 18.3 Å². The molecule has 1 unspecified atom stereocenters. The first kappa shape index (κ1) is 14.4. The first-order valence-electron chi connectivity index (χ1n) is 5.73. The molecule has 1 rings (SSSR count). The number of aryl methyl sites for hydroxylation is 1. The van der Waals surface area contributed by atoms with Gasteiger partial charge in [0.1, 0.15) is 6.04 Å². The number of aliphatic carboxylic acids is 1. The molecule has 1 amide bonds. The third kappa shape index (κ3) is 4.70. The Bertz CT molecular complexity index is 419. The topological polar surface area (TPSA) is 91.3 Å². The van der Waals surface area contributed by atoms with Crippen molar-refractivity contribution >= 4 is 28.3 Å². The summed E-state index contributed by atoms with van der Waals surface area (Å²) in [5.74, 6) is -0.923. The molecule has 100 valence electrons. The van der Waals surface area contributed by atoms with E-state index in [0.29, 0.717) is 18.1 Å². The van der Waals surface area contributed by atoms with Gasteiger partial charge in [-0.1, -0.05) is 0 Å². The number of aromatic nitrogens is 1. The van der Waals surface area contributed by atoms with Gasteiger partial charge in [0.25, 0.3) is 0 Å². The van der Waals surface area contributed by atoms with Crippen molar-refractivity contribution < 1.29 is 14.7 Å². The maximum atomic E-state index is 11.5. The average Bonchev–Trinajstić information content (AvgIpc) is 2.74. The van der Waals surface area contributed by atoms with Crippen LogP contribution in [0.4, 0.5) is 5.13 Å². The van der Waals surface area contributed by atoms with Gasteiger partial charge in [-0.05, 0) is 13.8 Å². The lowest BCUT2D eigenvalue weighted by Gasteiger charge is -2.11. The normalized spacial score (nSPS) is 11.9. The molecule has 7 heteroatoms. The molecule has 1 atom stereocenters. The van der Waals surface area contributed by atoms with Gasteiger partial charge in [0.2, 0.25) is 5.91 Å². The van der Waals surface area contributed by atoms with Crippen LogP contribution in [0.2, 0.25) is 0 Å². The van der Waals surface area contributed by atoms with Crippen molar-refractivity contribution in [1.82, 2.24) is 10.3 Å². The van der Waals surface area contributed by atoms with Gasteiger partial charge in [0.05, 0.1) is 12.1 Å². The number of hydrogen-bond acceptors (Lipinski definition) is 5. The summed E-state index contributed by atoms with van der Waals surface area (Å²) in [6, 6.07) is -0.358. The van der Waals surface area contributed by atoms with E-state index in [2.05, 4.69) is 15.6 Å². The van der Waals surface area contributed by atoms with Crippen molar-refractivity contribution in [1.29, 1.82) is 0 Å². The Kier molecular flexibility index (Phi) is 5.57. The number of carboxylic acid groups (broad SMARTS) is 1. The van der Waals surface area contributed by atoms with Gasteiger partial charge in [-0.2, -0.15) is 0 Å². The molecule has 1 aromatic heterocycles. The van der Waals surface area contributed by atoms with E-state index in [1.165, 1.54) is 11.3 Å². The first-order valence-corrected chi connectivity index (χ1v) is 6.61. The highest BCUT2D eigenvalue weighted by molar-refractivity contribution is 7.13. The Labute approximate surface area is 109 Å². The molecule has 0 spiro atoms. The number of hydrogen-bond donors (Lipinski definition) is 3. The second-order valence-corrected chi connectivity index (χ2v) is 4.66. The molecule has 0 saturated heterocycles. The lowest BCUT2D eigenvalue weighted by atomic mass is 10.2. The average molecular weight is 271 g/mol. The van der Waals surface area contributed by atoms with E-state index in [-0.39, 0.29) is 18.4 Å². The highest BCUT2D eigenvalue weighted by atomic mass is 32.1. The predicted octanol–water partition coefficient (Wildman–Crippen LogP) is 1.10. The van der Waals surface area contributed by atoms with Crippen LogP contribution >= 0.6 is 11.3 Å². The summed E-state index contributed by atoms with van der Waals surface area (Å²) in [5, 5.41) is 16.7. The largest absolute Gasteiger partial charge is 0.481 e. The van der Waals surface area contributed by atoms with Crippen LogP contribution in [-0.2, 0) is 16.0 Å². The highest BCUT2D eigenvalue weighted by Gasteiger charge is 2.13. The summed E-state index contributed by atoms with van der Waals surface area (Å²) in [6.45, 7) is 4.20. The number of carbonyl (C=O) groups is 2. The van der Waals surface area contributed by atoms with Crippen molar-refractivity contribution in [2.45, 2.75) is 32.7 Å². The number of anilines is 1. The molecule has 18 heavy (non-hydrogen) atoms. The molecular formula is C11H17N3O3S. The monoisotopic (exact) mass is 271 g/mol. The third-order valence-corrected chi connectivity index (χ3v) is 3.05. The molecule has 0 radical (unpaired) electrons. The van der Waals surface area contributed by atoms with Crippen LogP contribution in [0, 0.1) is 0 Å². The number of carbonyl (C=O) groups excluding carboxylic acids is 1. The van der Waals surface area contributed by atoms with Crippen molar-refractivity contribution in [3.8, 4) is 0 Å². The third-order valence-electron chi connectivity index (χ3n) is 2.23. The van der Waals surface area contributed by atoms with Gasteiger partial charge in [-0.25, -0.2) is 4.98 Å². The Hall–Kier alpha value is -1.63. The summed E-state index contributed by atoms with van der Waals surface area (Å²) < 4.78 is 0. The summed E-state index contributed by atoms with van der Waals surface area (Å²) in [6.07, 6.45) is 0.470. The summed E-state index contributed by atoms with van der Waals surface area (Å²) >= 11 is 1.37. The Morgan fingerprint density at radius 2 is 2.28 bits per heavy atom. The molecule has 0 aliphatic carbocycles. The number of carboxylic acids is 1. The fraction of sp³-hybridized carbons (Fsp3) is 0.545. The van der Waals surface area contributed by atoms with Crippen molar-refractivity contribution in [3.63, 3.8) is 0 Å². The van der Waals surface area contributed by atoms with Crippen LogP contribution in [0.25, 0.3) is 0 Å². The number of likely N-dealkylation sites (N-methyl/N-ethyl adjacent to an activating group) is 1. The predicted molar refractivity (Wildman–Crippen MR) is 69.8 cm³/mol. The minimum Gasteiger partial charge on any atom is -0.481 e. The summed E-state index contributed by atoms with van der Waals surface area (Å²) in [7, 11) is 0. The van der Waals surface area contributed by atoms with E-state index in [1.807, 2.05) is 6.92 Å². The molecule has 0 fully saturated rings. The van der Waals surface area contributed by atoms with E-state index in [1.54, 1.807) is 12.3 Å². The molecule has 1 aromatic rings. The molecule has 0 saturated carbocycles. The standard InChI is InChI=1S/C11H17N3O3S/c1-3-12-10(17)7(2)13-11-14-8(6-18-11)4-5-9(15)16/h6-7H,3-5H2,1-2H3,(H,12,17)(H,13,14)(H,15,16). The van der Waals surface area contributed by atoms with Crippen LogP contribution in [0.1, 0.15) is 26.0 Å². The minimum absolute atomic E-state index is 0.0645. The van der Waals surface area contributed by atoms with E-state index >= 15 is 0 Å². The second kappa shape index (κ2) is 6.95. The number of thiazole rings is 1. The Morgan fingerprint density at radius 3 is 2.89 bits per heavy atom. The maximum Gasteiger partial charge on any atom is 0.303 e. The highest BCUT2D eigenvalue weighted by Crippen LogP contribution is 2.17. The fourth-order valence-corrected chi connectivity index (χ4v) is 2.13. The van der Waals surface area contributed by atoms with Gasteiger partial charge >= 0.3 is 5.97 Å². The molecular weight excluding hydrogens is 254 g/mol. The molecule has 1 heterocycles. The van der Waals surface area contributed by atoms with Crippen LogP contribution < -0.4 is 10.6 Å². The zero-order valence-electron chi connectivity index (χ0n) is 10.4. The zero-order valence-corrected chi connectivity index (χ0v) is 11.2. The lowest BCUT2D eigenvalue weighted by molar-refractivity contribution is -0.137. The molecule has 0 aliphatic rings. The van der Waals surface area contributed by atoms with E-state index in [4.69, 9.17) is 5.11 Å². The molecule has 0 bridgehead atoms. The van der Waals surface area contributed by atoms with E-state index in [0.717, 1.165) is 5.69 Å². The van der Waals surface area contributed by atoms with Gasteiger partial charge in [0.15, 0.2) is 5.13 Å². The number of nitrogens with zero attached hydrogens (tertiary/aromatic N) is 1. The lowest BCUT2D eigenvalue weighted by Crippen LogP contribution is -2.37. The summed E-state index contributed by atoms with van der Waals surface area (Å²) in [5.41, 5.74) is 0.730. The zero-order chi connectivity index (χ0) is 13.5. The van der Waals surface area contributed by atoms with Crippen LogP contribution in [0.15, 0.2) is 5.38 Å². The first-order chi connectivity index (χ1) is 8.52. The number of nitrogens with one attached hydrogen (secondary N) is 2. The van der Waals surface area contributed by atoms with Crippen LogP contribution in [0.5, 0.6) is 0 Å². The van der Waals surface area contributed by atoms with Gasteiger partial charge < -0.3 is 15.7 Å². The van der Waals surface area contributed by atoms with Crippen molar-refractivity contribution in [2.24, 2.45) is 0 Å². The minimum atomic E-state index is -0.840. The molecule has 0 aromatic carbocycles. The number of rotatable bonds is 7. The van der Waals surface area contributed by atoms with Crippen LogP contribution in [0.3, 0.4) is 0 Å². The van der Waals surface area contributed by atoms with Gasteiger partial charge in [-0.15, -0.1) is 11.3 Å². The van der Waals surface area contributed by atoms with Gasteiger partial charge in [-0.3, -0.25) is 9.59 Å². The van der Waals surface area contributed by atoms with E-state index < -0.39 is 5.97 Å². The van der Waals surface area contributed by atoms with E-state index in [9.17, 15) is 9.59 Å². The van der Waals surface area contributed by atoms with Crippen molar-refractivity contribution in [3.05, 3.63) is 11.1 Å². The summed E-state index contributed by atoms with van der Waals surface area (Å²) in [4.78, 5) is 26.1. The number of amides is 1. The fourth-order valence-electron chi connectivity index (χ4n) is 1.30. The molecule has 0 aliphatic heterocycles. The maximum absolute atomic E-state index is 11.5. The Balaban J connectivity index is 2.48. The Morgan fingerprint density at radius 1 is 1.56 bits per heavy atom. The second-order valence-electron chi connectivity index (χ2n) is 3.80. The SMILES string of the molecule is CCNC(=O)C(C)Nc1nc(CCC(=O)O)cs1. The molecule has 3 N–H and O–H groups in total. The smallest absolute Gasteiger partial charge is 0.303 e. The van der Waals surface area contributed by atoms with Crippen LogP contribution in [-0.4, -0.2) is 34.6 Å².